The fraction of sp³-hybridized carbons (Fsp3) is 0.635. The number of nitrogen functional groups attached to an aromatic ring is 1. The summed E-state index contributed by atoms with van der Waals surface area (Å²) >= 11 is 0. The number of nitrogens with zero attached hydrogens (tertiary/aromatic N) is 6. The van der Waals surface area contributed by atoms with Crippen LogP contribution >= 0.6 is 0 Å². The van der Waals surface area contributed by atoms with Crippen molar-refractivity contribution in [3.8, 4) is 5.75 Å². The molecule has 3 N–H and O–H groups in total. The molecule has 11 fully saturated rings. The molecule has 408 valence electrons. The molecule has 2 unspecified atom stereocenters. The zero-order valence-electron chi connectivity index (χ0n) is 42.6. The molecule has 11 aliphatic rings. The van der Waals surface area contributed by atoms with Crippen molar-refractivity contribution in [3.63, 3.8) is 0 Å². The lowest BCUT2D eigenvalue weighted by molar-refractivity contribution is -0.384. The molecule has 2 aromatic carbocycles. The number of Topliss-reactive ketones (excluding diaryl/α,β-unsaturated/α-hetero) is 3. The standard InChI is InChI=1S/C24H25N3O8.C19H29N3O5.C9H15NO3/c25-18-3-7-20(8-4-18)35-23(30)34-15-24(22(29)17-9-11-26(24)12-10-17)14-33-21(28)13-16-1-5-19(6-2-16)27(31)32;23-16-15-5-11-22(12-6-15)19(16,13-26-17(24)20-7-1-2-8-20)14-27-18(25)21-9-3-4-10-21;1-13-9(6-11)8(12)7-2-4-10(9)5-3-7/h1-8,17H,9-15,25H2;15H,1-14H2;7,11H,2-6H2,1H3. The number of benzene rings is 2. The van der Waals surface area contributed by atoms with E-state index in [1.807, 2.05) is 9.80 Å². The van der Waals surface area contributed by atoms with Crippen LogP contribution in [0.15, 0.2) is 48.5 Å². The topological polar surface area (TPSA) is 280 Å². The van der Waals surface area contributed by atoms with Gasteiger partial charge in [0.15, 0.2) is 17.3 Å². The number of aliphatic hydroxyl groups is 1. The fourth-order valence-corrected chi connectivity index (χ4v) is 11.7. The van der Waals surface area contributed by atoms with Crippen LogP contribution in [0.2, 0.25) is 0 Å². The number of fused-ring (bicyclic) bond motifs is 9. The van der Waals surface area contributed by atoms with Crippen LogP contribution in [0.3, 0.4) is 0 Å². The number of hydrogen-bond donors (Lipinski definition) is 2. The van der Waals surface area contributed by atoms with Crippen molar-refractivity contribution in [1.29, 1.82) is 0 Å². The number of carbonyl (C=O) groups is 7. The van der Waals surface area contributed by atoms with Crippen molar-refractivity contribution in [2.24, 2.45) is 17.8 Å². The molecule has 0 radical (unpaired) electrons. The van der Waals surface area contributed by atoms with E-state index in [0.29, 0.717) is 63.4 Å². The molecule has 13 rings (SSSR count). The van der Waals surface area contributed by atoms with Crippen molar-refractivity contribution in [2.45, 2.75) is 87.4 Å². The summed E-state index contributed by atoms with van der Waals surface area (Å²) in [5.74, 6) is -0.465. The summed E-state index contributed by atoms with van der Waals surface area (Å²) in [5.41, 5.74) is 3.27. The molecular formula is C52H69N7O16. The molecule has 11 heterocycles. The van der Waals surface area contributed by atoms with E-state index in [1.165, 1.54) is 43.5 Å². The average Bonchev–Trinajstić information content (AvgIpc) is 4.20. The summed E-state index contributed by atoms with van der Waals surface area (Å²) in [5, 5.41) is 20.0. The van der Waals surface area contributed by atoms with Crippen LogP contribution in [0.25, 0.3) is 0 Å². The maximum atomic E-state index is 13.2. The Hall–Kier alpha value is -6.27. The van der Waals surface area contributed by atoms with E-state index in [-0.39, 0.29) is 98.2 Å². The van der Waals surface area contributed by atoms with Crippen LogP contribution in [0.1, 0.15) is 69.8 Å². The zero-order chi connectivity index (χ0) is 53.3. The predicted molar refractivity (Wildman–Crippen MR) is 265 cm³/mol. The number of amides is 2. The fourth-order valence-electron chi connectivity index (χ4n) is 11.7. The van der Waals surface area contributed by atoms with Crippen molar-refractivity contribution in [2.75, 3.05) is 111 Å². The third-order valence-electron chi connectivity index (χ3n) is 16.2. The van der Waals surface area contributed by atoms with Crippen molar-refractivity contribution >= 4 is 53.0 Å². The number of aliphatic hydroxyl groups excluding tert-OH is 1. The van der Waals surface area contributed by atoms with Crippen LogP contribution in [-0.4, -0.2) is 199 Å². The summed E-state index contributed by atoms with van der Waals surface area (Å²) in [7, 11) is 1.49. The Morgan fingerprint density at radius 1 is 0.613 bits per heavy atom. The van der Waals surface area contributed by atoms with Gasteiger partial charge in [-0.1, -0.05) is 12.1 Å². The smallest absolute Gasteiger partial charge is 0.463 e. The largest absolute Gasteiger partial charge is 0.513 e. The number of carbonyl (C=O) groups excluding carboxylic acids is 7. The van der Waals surface area contributed by atoms with Gasteiger partial charge in [-0.15, -0.1) is 0 Å². The second kappa shape index (κ2) is 24.2. The Kier molecular flexibility index (Phi) is 17.7. The highest BCUT2D eigenvalue weighted by atomic mass is 16.7. The first-order valence-corrected chi connectivity index (χ1v) is 26.1. The van der Waals surface area contributed by atoms with Gasteiger partial charge in [-0.25, -0.2) is 14.4 Å². The molecular weight excluding hydrogens is 979 g/mol. The van der Waals surface area contributed by atoms with Gasteiger partial charge in [0.05, 0.1) is 18.0 Å². The number of ether oxygens (including phenoxy) is 6. The van der Waals surface area contributed by atoms with Gasteiger partial charge in [0.1, 0.15) is 43.3 Å². The second-order valence-electron chi connectivity index (χ2n) is 20.6. The van der Waals surface area contributed by atoms with Gasteiger partial charge < -0.3 is 49.1 Å². The Morgan fingerprint density at radius 2 is 1.04 bits per heavy atom. The van der Waals surface area contributed by atoms with Gasteiger partial charge in [0.25, 0.3) is 5.69 Å². The molecule has 11 saturated heterocycles. The second-order valence-corrected chi connectivity index (χ2v) is 20.6. The van der Waals surface area contributed by atoms with Gasteiger partial charge in [-0.2, -0.15) is 0 Å². The maximum absolute atomic E-state index is 13.2. The molecule has 0 saturated carbocycles. The number of piperidine rings is 9. The van der Waals surface area contributed by atoms with E-state index in [4.69, 9.17) is 34.2 Å². The number of ketones is 3. The maximum Gasteiger partial charge on any atom is 0.513 e. The van der Waals surface area contributed by atoms with Gasteiger partial charge in [0.2, 0.25) is 5.72 Å². The Labute approximate surface area is 434 Å². The molecule has 23 nitrogen and oxygen atoms in total. The number of nitrogens with two attached hydrogens (primary N) is 1. The molecule has 75 heavy (non-hydrogen) atoms. The SMILES string of the molecule is COC1(CO)C(=O)C2CCN1CC2.Nc1ccc(OC(=O)OCC2(COC(=O)Cc3ccc([N+](=O)[O-])cc3)C(=O)C3CCN2CC3)cc1.O=C(OCC1(COC(=O)N2CCCC2)C(=O)C2CCN1CC2)N1CCCC1. The highest BCUT2D eigenvalue weighted by Gasteiger charge is 2.57. The number of anilines is 1. The van der Waals surface area contributed by atoms with E-state index in [0.717, 1.165) is 77.5 Å². The van der Waals surface area contributed by atoms with Gasteiger partial charge >= 0.3 is 24.3 Å². The molecule has 0 aliphatic carbocycles. The van der Waals surface area contributed by atoms with Crippen LogP contribution in [0.4, 0.5) is 25.8 Å². The summed E-state index contributed by atoms with van der Waals surface area (Å²) in [6.07, 6.45) is 7.02. The number of nitro benzene ring substituents is 1. The number of likely N-dealkylation sites (tertiary alicyclic amines) is 2. The van der Waals surface area contributed by atoms with Gasteiger partial charge in [-0.05, 0) is 94.0 Å². The van der Waals surface area contributed by atoms with Crippen LogP contribution in [0, 0.1) is 27.9 Å². The molecule has 2 atom stereocenters. The molecule has 0 aromatic heterocycles. The number of hydrogen-bond acceptors (Lipinski definition) is 20. The first kappa shape index (κ1) is 55.0. The quantitative estimate of drug-likeness (QED) is 0.0682. The number of esters is 1. The first-order chi connectivity index (χ1) is 36.1. The molecule has 23 heteroatoms. The van der Waals surface area contributed by atoms with E-state index in [1.54, 1.807) is 21.9 Å². The monoisotopic (exact) mass is 1050 g/mol. The van der Waals surface area contributed by atoms with Crippen LogP contribution in [0.5, 0.6) is 5.75 Å². The summed E-state index contributed by atoms with van der Waals surface area (Å²) in [6.45, 7) is 6.45. The Bertz CT molecular complexity index is 2350. The lowest BCUT2D eigenvalue weighted by atomic mass is 9.74. The lowest BCUT2D eigenvalue weighted by Crippen LogP contribution is -2.69. The molecule has 6 bridgehead atoms. The Morgan fingerprint density at radius 3 is 1.44 bits per heavy atom. The number of non-ortho nitro benzene ring substituents is 1. The number of rotatable bonds is 14. The van der Waals surface area contributed by atoms with E-state index in [9.17, 15) is 48.8 Å². The zero-order valence-corrected chi connectivity index (χ0v) is 42.6. The summed E-state index contributed by atoms with van der Waals surface area (Å²) in [6, 6.07) is 11.7. The van der Waals surface area contributed by atoms with Gasteiger partial charge in [-0.3, -0.25) is 44.0 Å². The molecule has 0 spiro atoms. The van der Waals surface area contributed by atoms with Crippen molar-refractivity contribution < 1.29 is 72.0 Å². The molecule has 2 aromatic rings. The van der Waals surface area contributed by atoms with Gasteiger partial charge in [0, 0.05) is 108 Å². The third-order valence-corrected chi connectivity index (χ3v) is 16.2. The first-order valence-electron chi connectivity index (χ1n) is 26.1. The van der Waals surface area contributed by atoms with Crippen molar-refractivity contribution in [3.05, 3.63) is 64.2 Å². The lowest BCUT2D eigenvalue weighted by Gasteiger charge is -2.51. The van der Waals surface area contributed by atoms with Crippen LogP contribution in [-0.2, 0) is 49.3 Å². The predicted octanol–water partition coefficient (Wildman–Crippen LogP) is 3.61. The summed E-state index contributed by atoms with van der Waals surface area (Å²) < 4.78 is 32.3. The average molecular weight is 1050 g/mol. The Balaban J connectivity index is 0.000000164. The van der Waals surface area contributed by atoms with E-state index >= 15 is 0 Å². The van der Waals surface area contributed by atoms with Crippen molar-refractivity contribution in [1.82, 2.24) is 24.5 Å². The number of nitro groups is 1. The third kappa shape index (κ3) is 12.1. The minimum atomic E-state index is -1.29. The molecule has 11 aliphatic heterocycles. The highest BCUT2D eigenvalue weighted by molar-refractivity contribution is 5.94. The minimum Gasteiger partial charge on any atom is -0.463 e. The van der Waals surface area contributed by atoms with E-state index < -0.39 is 33.9 Å². The highest BCUT2D eigenvalue weighted by Crippen LogP contribution is 2.39. The molecule has 2 amide bonds. The van der Waals surface area contributed by atoms with E-state index in [2.05, 4.69) is 4.90 Å². The summed E-state index contributed by atoms with van der Waals surface area (Å²) in [4.78, 5) is 107. The van der Waals surface area contributed by atoms with Crippen LogP contribution < -0.4 is 10.5 Å². The normalized spacial score (nSPS) is 28.9. The number of methoxy groups -OCH3 is 1. The minimum absolute atomic E-state index is 0.0222.